The Labute approximate surface area is 170 Å². The maximum absolute atomic E-state index is 12.4. The molecule has 1 aliphatic rings. The van der Waals surface area contributed by atoms with Crippen molar-refractivity contribution in [3.8, 4) is 5.75 Å². The minimum atomic E-state index is -0.747. The summed E-state index contributed by atoms with van der Waals surface area (Å²) in [5.74, 6) is -0.318. The van der Waals surface area contributed by atoms with E-state index in [-0.39, 0.29) is 35.9 Å². The van der Waals surface area contributed by atoms with E-state index in [4.69, 9.17) is 0 Å². The molecule has 0 bridgehead atoms. The summed E-state index contributed by atoms with van der Waals surface area (Å²) in [6.45, 7) is 0.544. The van der Waals surface area contributed by atoms with E-state index in [1.807, 2.05) is 12.1 Å². The van der Waals surface area contributed by atoms with Crippen LogP contribution < -0.4 is 10.6 Å². The van der Waals surface area contributed by atoms with Crippen LogP contribution in [0, 0.1) is 5.92 Å². The summed E-state index contributed by atoms with van der Waals surface area (Å²) in [5.41, 5.74) is 1.90. The van der Waals surface area contributed by atoms with Crippen LogP contribution >= 0.6 is 0 Å². The Balaban J connectivity index is 1.40. The van der Waals surface area contributed by atoms with Gasteiger partial charge in [0.2, 0.25) is 11.8 Å². The molecule has 2 aromatic rings. The van der Waals surface area contributed by atoms with Crippen LogP contribution in [-0.4, -0.2) is 45.7 Å². The summed E-state index contributed by atoms with van der Waals surface area (Å²) in [5, 5.41) is 25.5. The van der Waals surface area contributed by atoms with E-state index in [0.717, 1.165) is 17.5 Å². The Morgan fingerprint density at radius 1 is 1.03 bits per heavy atom. The lowest BCUT2D eigenvalue weighted by atomic mass is 9.83. The van der Waals surface area contributed by atoms with Crippen molar-refractivity contribution in [1.82, 2.24) is 15.6 Å². The van der Waals surface area contributed by atoms with Crippen molar-refractivity contribution in [3.63, 3.8) is 0 Å². The van der Waals surface area contributed by atoms with Gasteiger partial charge in [-0.3, -0.25) is 14.6 Å². The Kier molecular flexibility index (Phi) is 7.19. The van der Waals surface area contributed by atoms with Crippen LogP contribution in [0.5, 0.6) is 5.75 Å². The summed E-state index contributed by atoms with van der Waals surface area (Å²) in [6.07, 6.45) is 5.15. The molecule has 154 valence electrons. The number of hydrogen-bond acceptors (Lipinski definition) is 5. The standard InChI is InChI=1S/C22H27N3O4/c26-18-4-1-16(2-5-18)13-21(28)25-19-6-3-17(14-20(19)27)22(29)24-12-9-15-7-10-23-11-8-15/h1-2,4-5,7-8,10-11,17,19-20,26-27H,3,6,9,12-14H2,(H,24,29)(H,25,28)/t17-,19+,20+/m0/s1. The predicted molar refractivity (Wildman–Crippen MR) is 108 cm³/mol. The second-order valence-corrected chi connectivity index (χ2v) is 7.49. The molecule has 1 aromatic heterocycles. The van der Waals surface area contributed by atoms with E-state index in [1.54, 1.807) is 24.5 Å². The molecule has 0 spiro atoms. The molecule has 7 heteroatoms. The normalized spacial score (nSPS) is 21.3. The molecular weight excluding hydrogens is 370 g/mol. The molecule has 1 heterocycles. The van der Waals surface area contributed by atoms with E-state index in [9.17, 15) is 19.8 Å². The van der Waals surface area contributed by atoms with Crippen LogP contribution in [0.2, 0.25) is 0 Å². The Morgan fingerprint density at radius 2 is 1.76 bits per heavy atom. The summed E-state index contributed by atoms with van der Waals surface area (Å²) in [6, 6.07) is 9.95. The van der Waals surface area contributed by atoms with E-state index in [2.05, 4.69) is 15.6 Å². The van der Waals surface area contributed by atoms with Crippen molar-refractivity contribution in [2.45, 2.75) is 44.2 Å². The van der Waals surface area contributed by atoms with Crippen molar-refractivity contribution in [1.29, 1.82) is 0 Å². The van der Waals surface area contributed by atoms with Gasteiger partial charge in [-0.15, -0.1) is 0 Å². The lowest BCUT2D eigenvalue weighted by Crippen LogP contribution is -2.49. The topological polar surface area (TPSA) is 112 Å². The van der Waals surface area contributed by atoms with Crippen LogP contribution in [0.4, 0.5) is 0 Å². The molecule has 4 N–H and O–H groups in total. The van der Waals surface area contributed by atoms with Crippen LogP contribution in [0.25, 0.3) is 0 Å². The summed E-state index contributed by atoms with van der Waals surface area (Å²) < 4.78 is 0. The van der Waals surface area contributed by atoms with Crippen LogP contribution in [-0.2, 0) is 22.4 Å². The minimum Gasteiger partial charge on any atom is -0.508 e. The van der Waals surface area contributed by atoms with Gasteiger partial charge in [0.25, 0.3) is 0 Å². The predicted octanol–water partition coefficient (Wildman–Crippen LogP) is 1.33. The lowest BCUT2D eigenvalue weighted by Gasteiger charge is -2.33. The average Bonchev–Trinajstić information content (AvgIpc) is 2.72. The molecule has 2 amide bonds. The van der Waals surface area contributed by atoms with Crippen molar-refractivity contribution in [2.75, 3.05) is 6.54 Å². The Hall–Kier alpha value is -2.93. The molecule has 0 aliphatic heterocycles. The number of aliphatic hydroxyl groups excluding tert-OH is 1. The number of pyridine rings is 1. The highest BCUT2D eigenvalue weighted by Crippen LogP contribution is 2.25. The van der Waals surface area contributed by atoms with E-state index in [0.29, 0.717) is 25.8 Å². The fraction of sp³-hybridized carbons (Fsp3) is 0.409. The van der Waals surface area contributed by atoms with Crippen LogP contribution in [0.1, 0.15) is 30.4 Å². The smallest absolute Gasteiger partial charge is 0.224 e. The highest BCUT2D eigenvalue weighted by atomic mass is 16.3. The summed E-state index contributed by atoms with van der Waals surface area (Å²) >= 11 is 0. The van der Waals surface area contributed by atoms with Crippen molar-refractivity contribution >= 4 is 11.8 Å². The number of phenolic OH excluding ortho intramolecular Hbond substituents is 1. The van der Waals surface area contributed by atoms with Crippen molar-refractivity contribution in [2.24, 2.45) is 5.92 Å². The monoisotopic (exact) mass is 397 g/mol. The number of aromatic nitrogens is 1. The number of phenols is 1. The molecule has 0 radical (unpaired) electrons. The molecule has 29 heavy (non-hydrogen) atoms. The molecule has 3 atom stereocenters. The number of benzene rings is 1. The first-order valence-corrected chi connectivity index (χ1v) is 9.93. The third-order valence-corrected chi connectivity index (χ3v) is 5.30. The third kappa shape index (κ3) is 6.29. The van der Waals surface area contributed by atoms with Gasteiger partial charge in [0.15, 0.2) is 0 Å². The zero-order valence-corrected chi connectivity index (χ0v) is 16.3. The zero-order valence-electron chi connectivity index (χ0n) is 16.3. The second kappa shape index (κ2) is 10.0. The molecule has 1 fully saturated rings. The molecule has 7 nitrogen and oxygen atoms in total. The highest BCUT2D eigenvalue weighted by molar-refractivity contribution is 5.80. The third-order valence-electron chi connectivity index (χ3n) is 5.30. The maximum Gasteiger partial charge on any atom is 0.224 e. The number of nitrogens with one attached hydrogen (secondary N) is 2. The molecule has 1 aliphatic carbocycles. The number of rotatable bonds is 7. The first-order valence-electron chi connectivity index (χ1n) is 9.93. The van der Waals surface area contributed by atoms with Gasteiger partial charge in [-0.2, -0.15) is 0 Å². The zero-order chi connectivity index (χ0) is 20.6. The first kappa shape index (κ1) is 20.8. The van der Waals surface area contributed by atoms with Crippen LogP contribution in [0.15, 0.2) is 48.8 Å². The molecule has 1 saturated carbocycles. The number of aliphatic hydroxyl groups is 1. The molecule has 0 saturated heterocycles. The summed E-state index contributed by atoms with van der Waals surface area (Å²) in [7, 11) is 0. The second-order valence-electron chi connectivity index (χ2n) is 7.49. The van der Waals surface area contributed by atoms with Gasteiger partial charge in [-0.25, -0.2) is 0 Å². The van der Waals surface area contributed by atoms with Gasteiger partial charge in [-0.1, -0.05) is 12.1 Å². The lowest BCUT2D eigenvalue weighted by molar-refractivity contribution is -0.128. The number of amides is 2. The SMILES string of the molecule is O=C(Cc1ccc(O)cc1)N[C@@H]1CC[C@H](C(=O)NCCc2ccncc2)C[C@H]1O. The average molecular weight is 397 g/mol. The maximum atomic E-state index is 12.4. The fourth-order valence-electron chi connectivity index (χ4n) is 3.63. The van der Waals surface area contributed by atoms with Gasteiger partial charge in [-0.05, 0) is 61.1 Å². The van der Waals surface area contributed by atoms with Gasteiger partial charge >= 0.3 is 0 Å². The van der Waals surface area contributed by atoms with Gasteiger partial charge in [0.05, 0.1) is 18.6 Å². The van der Waals surface area contributed by atoms with E-state index in [1.165, 1.54) is 12.1 Å². The molecular formula is C22H27N3O4. The van der Waals surface area contributed by atoms with Crippen molar-refractivity contribution in [3.05, 3.63) is 59.9 Å². The number of carbonyl (C=O) groups is 2. The molecule has 3 rings (SSSR count). The first-order chi connectivity index (χ1) is 14.0. The number of nitrogens with zero attached hydrogens (tertiary/aromatic N) is 1. The quantitative estimate of drug-likeness (QED) is 0.563. The molecule has 1 aromatic carbocycles. The summed E-state index contributed by atoms with van der Waals surface area (Å²) in [4.78, 5) is 28.6. The van der Waals surface area contributed by atoms with Gasteiger partial charge in [0, 0.05) is 24.9 Å². The number of carbonyl (C=O) groups excluding carboxylic acids is 2. The van der Waals surface area contributed by atoms with E-state index >= 15 is 0 Å². The van der Waals surface area contributed by atoms with Crippen LogP contribution in [0.3, 0.4) is 0 Å². The minimum absolute atomic E-state index is 0.0491. The fourth-order valence-corrected chi connectivity index (χ4v) is 3.63. The van der Waals surface area contributed by atoms with Gasteiger partial charge in [0.1, 0.15) is 5.75 Å². The number of hydrogen-bond donors (Lipinski definition) is 4. The largest absolute Gasteiger partial charge is 0.508 e. The Morgan fingerprint density at radius 3 is 2.45 bits per heavy atom. The van der Waals surface area contributed by atoms with Gasteiger partial charge < -0.3 is 20.8 Å². The highest BCUT2D eigenvalue weighted by Gasteiger charge is 2.33. The molecule has 0 unspecified atom stereocenters. The van der Waals surface area contributed by atoms with Crippen molar-refractivity contribution < 1.29 is 19.8 Å². The van der Waals surface area contributed by atoms with E-state index < -0.39 is 6.10 Å². The number of aromatic hydroxyl groups is 1. The Bertz CT molecular complexity index is 811.